The molecule has 0 aliphatic heterocycles. The molecule has 4 aromatic rings. The molecule has 0 bridgehead atoms. The second-order valence-electron chi connectivity index (χ2n) is 8.12. The van der Waals surface area contributed by atoms with E-state index in [4.69, 9.17) is 11.6 Å². The van der Waals surface area contributed by atoms with Crippen LogP contribution in [-0.4, -0.2) is 31.9 Å². The first kappa shape index (κ1) is 20.4. The molecule has 0 spiro atoms. The predicted octanol–water partition coefficient (Wildman–Crippen LogP) is 3.58. The van der Waals surface area contributed by atoms with E-state index in [0.717, 1.165) is 48.0 Å². The summed E-state index contributed by atoms with van der Waals surface area (Å²) in [5.74, 6) is 0. The third-order valence-corrected chi connectivity index (χ3v) is 7.47. The van der Waals surface area contributed by atoms with Crippen LogP contribution in [-0.2, 0) is 32.9 Å². The van der Waals surface area contributed by atoms with Crippen LogP contribution < -0.4 is 10.9 Å². The molecule has 6 nitrogen and oxygen atoms in total. The van der Waals surface area contributed by atoms with Crippen molar-refractivity contribution in [3.05, 3.63) is 79.9 Å². The largest absolute Gasteiger partial charge is 0.313 e. The zero-order valence-electron chi connectivity index (χ0n) is 17.3. The Morgan fingerprint density at radius 1 is 1.32 bits per heavy atom. The molecule has 3 heterocycles. The summed E-state index contributed by atoms with van der Waals surface area (Å²) >= 11 is 7.96. The van der Waals surface area contributed by atoms with Crippen LogP contribution >= 0.6 is 22.9 Å². The molecule has 3 aromatic heterocycles. The number of aromatic nitrogens is 4. The monoisotopic (exact) mass is 453 g/mol. The predicted molar refractivity (Wildman–Crippen MR) is 125 cm³/mol. The summed E-state index contributed by atoms with van der Waals surface area (Å²) in [5.41, 5.74) is 3.40. The minimum absolute atomic E-state index is 0.0328. The van der Waals surface area contributed by atoms with Crippen LogP contribution in [0.2, 0.25) is 5.02 Å². The Kier molecular flexibility index (Phi) is 5.65. The molecule has 1 aromatic carbocycles. The van der Waals surface area contributed by atoms with Gasteiger partial charge in [0, 0.05) is 29.2 Å². The third kappa shape index (κ3) is 4.18. The Balaban J connectivity index is 1.33. The number of nitrogens with zero attached hydrogens (tertiary/aromatic N) is 4. The van der Waals surface area contributed by atoms with Gasteiger partial charge in [0.25, 0.3) is 5.56 Å². The Morgan fingerprint density at radius 2 is 2.19 bits per heavy atom. The Bertz CT molecular complexity index is 1290. The van der Waals surface area contributed by atoms with Gasteiger partial charge in [0.15, 0.2) is 0 Å². The molecule has 31 heavy (non-hydrogen) atoms. The van der Waals surface area contributed by atoms with Crippen LogP contribution in [0.3, 0.4) is 0 Å². The van der Waals surface area contributed by atoms with Gasteiger partial charge < -0.3 is 5.32 Å². The maximum atomic E-state index is 13.3. The lowest BCUT2D eigenvalue weighted by Gasteiger charge is -2.23. The third-order valence-electron chi connectivity index (χ3n) is 5.94. The average molecular weight is 454 g/mol. The summed E-state index contributed by atoms with van der Waals surface area (Å²) in [7, 11) is 1.94. The SMILES string of the molecule is Cn1cc(CCNC2CCc3c(sc4ncn(Cc5ccccc5Cl)c(=O)c34)C2)cn1. The van der Waals surface area contributed by atoms with E-state index in [0.29, 0.717) is 17.6 Å². The quantitative estimate of drug-likeness (QED) is 0.484. The second-order valence-corrected chi connectivity index (χ2v) is 9.61. The topological polar surface area (TPSA) is 64.7 Å². The Labute approximate surface area is 189 Å². The lowest BCUT2D eigenvalue weighted by atomic mass is 9.93. The molecule has 0 amide bonds. The van der Waals surface area contributed by atoms with Gasteiger partial charge in [-0.05, 0) is 55.0 Å². The van der Waals surface area contributed by atoms with Gasteiger partial charge in [0.1, 0.15) is 4.83 Å². The van der Waals surface area contributed by atoms with Crippen molar-refractivity contribution in [3.63, 3.8) is 0 Å². The zero-order chi connectivity index (χ0) is 21.4. The van der Waals surface area contributed by atoms with Crippen LogP contribution in [0.25, 0.3) is 10.2 Å². The van der Waals surface area contributed by atoms with Gasteiger partial charge in [-0.15, -0.1) is 11.3 Å². The molecule has 0 saturated carbocycles. The number of benzene rings is 1. The summed E-state index contributed by atoms with van der Waals surface area (Å²) in [6.07, 6.45) is 9.50. The Morgan fingerprint density at radius 3 is 3.00 bits per heavy atom. The molecule has 1 atom stereocenters. The van der Waals surface area contributed by atoms with E-state index >= 15 is 0 Å². The van der Waals surface area contributed by atoms with Crippen molar-refractivity contribution in [1.82, 2.24) is 24.6 Å². The number of aryl methyl sites for hydroxylation is 2. The molecule has 0 fully saturated rings. The van der Waals surface area contributed by atoms with Gasteiger partial charge in [-0.25, -0.2) is 4.98 Å². The van der Waals surface area contributed by atoms with Crippen LogP contribution in [0.15, 0.2) is 47.8 Å². The van der Waals surface area contributed by atoms with E-state index in [9.17, 15) is 4.79 Å². The number of thiophene rings is 1. The van der Waals surface area contributed by atoms with Crippen molar-refractivity contribution in [2.24, 2.45) is 7.05 Å². The van der Waals surface area contributed by atoms with Gasteiger partial charge in [0.05, 0.1) is 24.5 Å². The first-order valence-electron chi connectivity index (χ1n) is 10.5. The van der Waals surface area contributed by atoms with Gasteiger partial charge in [-0.1, -0.05) is 29.8 Å². The standard InChI is InChI=1S/C23H24ClN5OS/c1-28-12-15(11-27-28)8-9-25-17-6-7-18-20(10-17)31-22-21(18)23(30)29(14-26-22)13-16-4-2-3-5-19(16)24/h2-5,11-12,14,17,25H,6-10,13H2,1H3. The summed E-state index contributed by atoms with van der Waals surface area (Å²) in [6.45, 7) is 1.37. The zero-order valence-corrected chi connectivity index (χ0v) is 18.9. The fraction of sp³-hybridized carbons (Fsp3) is 0.348. The second kappa shape index (κ2) is 8.57. The summed E-state index contributed by atoms with van der Waals surface area (Å²) in [4.78, 5) is 20.0. The molecule has 5 rings (SSSR count). The smallest absolute Gasteiger partial charge is 0.262 e. The number of hydrogen-bond acceptors (Lipinski definition) is 5. The molecule has 1 unspecified atom stereocenters. The van der Waals surface area contributed by atoms with Gasteiger partial charge in [0.2, 0.25) is 0 Å². The van der Waals surface area contributed by atoms with Gasteiger partial charge >= 0.3 is 0 Å². The van der Waals surface area contributed by atoms with Crippen LogP contribution in [0.1, 0.15) is 28.0 Å². The normalized spacial score (nSPS) is 16.0. The van der Waals surface area contributed by atoms with E-state index < -0.39 is 0 Å². The van der Waals surface area contributed by atoms with E-state index in [-0.39, 0.29) is 5.56 Å². The molecule has 1 aliphatic carbocycles. The average Bonchev–Trinajstić information content (AvgIpc) is 3.34. The Hall–Kier alpha value is -2.48. The van der Waals surface area contributed by atoms with E-state index in [1.54, 1.807) is 22.2 Å². The van der Waals surface area contributed by atoms with Crippen LogP contribution in [0.4, 0.5) is 0 Å². The fourth-order valence-corrected chi connectivity index (χ4v) is 5.77. The number of nitrogens with one attached hydrogen (secondary N) is 1. The van der Waals surface area contributed by atoms with Crippen molar-refractivity contribution < 1.29 is 0 Å². The lowest BCUT2D eigenvalue weighted by Crippen LogP contribution is -2.35. The molecule has 160 valence electrons. The molecule has 1 N–H and O–H groups in total. The highest BCUT2D eigenvalue weighted by atomic mass is 35.5. The minimum atomic E-state index is 0.0328. The molecule has 0 radical (unpaired) electrons. The first-order chi connectivity index (χ1) is 15.1. The maximum absolute atomic E-state index is 13.3. The maximum Gasteiger partial charge on any atom is 0.262 e. The summed E-state index contributed by atoms with van der Waals surface area (Å²) in [6, 6.07) is 8.06. The fourth-order valence-electron chi connectivity index (χ4n) is 4.32. The van der Waals surface area contributed by atoms with Crippen molar-refractivity contribution in [1.29, 1.82) is 0 Å². The highest BCUT2D eigenvalue weighted by molar-refractivity contribution is 7.18. The molecular formula is C23H24ClN5OS. The first-order valence-corrected chi connectivity index (χ1v) is 11.7. The number of rotatable bonds is 6. The highest BCUT2D eigenvalue weighted by Crippen LogP contribution is 2.33. The van der Waals surface area contributed by atoms with E-state index in [1.165, 1.54) is 16.0 Å². The highest BCUT2D eigenvalue weighted by Gasteiger charge is 2.25. The van der Waals surface area contributed by atoms with Crippen LogP contribution in [0, 0.1) is 0 Å². The van der Waals surface area contributed by atoms with Crippen molar-refractivity contribution in [2.75, 3.05) is 6.54 Å². The number of fused-ring (bicyclic) bond motifs is 3. The molecule has 1 aliphatic rings. The number of halogens is 1. The molecule has 8 heteroatoms. The van der Waals surface area contributed by atoms with Crippen molar-refractivity contribution >= 4 is 33.2 Å². The minimum Gasteiger partial charge on any atom is -0.313 e. The van der Waals surface area contributed by atoms with Crippen LogP contribution in [0.5, 0.6) is 0 Å². The van der Waals surface area contributed by atoms with E-state index in [2.05, 4.69) is 21.6 Å². The van der Waals surface area contributed by atoms with Crippen molar-refractivity contribution in [2.45, 2.75) is 38.3 Å². The summed E-state index contributed by atoms with van der Waals surface area (Å²) in [5, 5.41) is 9.37. The lowest BCUT2D eigenvalue weighted by molar-refractivity contribution is 0.466. The van der Waals surface area contributed by atoms with Gasteiger partial charge in [-0.3, -0.25) is 14.0 Å². The molecular weight excluding hydrogens is 430 g/mol. The summed E-state index contributed by atoms with van der Waals surface area (Å²) < 4.78 is 3.51. The van der Waals surface area contributed by atoms with E-state index in [1.807, 2.05) is 42.2 Å². The van der Waals surface area contributed by atoms with Gasteiger partial charge in [-0.2, -0.15) is 5.10 Å². The number of hydrogen-bond donors (Lipinski definition) is 1. The molecule has 0 saturated heterocycles. The van der Waals surface area contributed by atoms with Crippen molar-refractivity contribution in [3.8, 4) is 0 Å².